The Morgan fingerprint density at radius 2 is 1.95 bits per heavy atom. The maximum Gasteiger partial charge on any atom is 0.218 e. The number of sulfone groups is 1. The third kappa shape index (κ3) is 3.44. The molecule has 2 rings (SSSR count). The lowest BCUT2D eigenvalue weighted by atomic mass is 10.0. The zero-order valence-electron chi connectivity index (χ0n) is 10.5. The van der Waals surface area contributed by atoms with Crippen LogP contribution in [0.5, 0.6) is 0 Å². The number of ether oxygens (including phenoxy) is 1. The molecule has 8 heteroatoms. The van der Waals surface area contributed by atoms with Crippen LogP contribution in [-0.4, -0.2) is 43.2 Å². The molecule has 1 N–H and O–H groups in total. The van der Waals surface area contributed by atoms with Crippen LogP contribution >= 0.6 is 23.2 Å². The molecular weight excluding hydrogens is 325 g/mol. The lowest BCUT2D eigenvalue weighted by molar-refractivity contribution is 0.129. The van der Waals surface area contributed by atoms with Gasteiger partial charge in [-0.05, 0) is 17.7 Å². The van der Waals surface area contributed by atoms with Gasteiger partial charge in [-0.1, -0.05) is 35.3 Å². The molecule has 0 saturated heterocycles. The van der Waals surface area contributed by atoms with Gasteiger partial charge in [0.2, 0.25) is 5.90 Å². The maximum absolute atomic E-state index is 11.4. The first-order valence-corrected chi connectivity index (χ1v) is 8.52. The quantitative estimate of drug-likeness (QED) is 0.849. The Labute approximate surface area is 127 Å². The highest BCUT2D eigenvalue weighted by Gasteiger charge is 2.29. The van der Waals surface area contributed by atoms with Gasteiger partial charge in [-0.25, -0.2) is 13.4 Å². The molecule has 0 radical (unpaired) electrons. The summed E-state index contributed by atoms with van der Waals surface area (Å²) in [4.78, 5) is 3.43. The largest absolute Gasteiger partial charge is 0.477 e. The molecule has 20 heavy (non-hydrogen) atoms. The van der Waals surface area contributed by atoms with Crippen molar-refractivity contribution in [1.82, 2.24) is 0 Å². The maximum atomic E-state index is 11.4. The molecule has 0 saturated carbocycles. The van der Waals surface area contributed by atoms with E-state index in [-0.39, 0.29) is 17.4 Å². The van der Waals surface area contributed by atoms with Crippen LogP contribution < -0.4 is 0 Å². The van der Waals surface area contributed by atoms with Crippen molar-refractivity contribution in [2.24, 2.45) is 4.99 Å². The Hall–Kier alpha value is -0.820. The first-order valence-electron chi connectivity index (χ1n) is 5.76. The predicted octanol–water partition coefficient (Wildman–Crippen LogP) is 1.72. The minimum Gasteiger partial charge on any atom is -0.477 e. The second-order valence-electron chi connectivity index (χ2n) is 4.43. The van der Waals surface area contributed by atoms with E-state index >= 15 is 0 Å². The van der Waals surface area contributed by atoms with Gasteiger partial charge in [0.25, 0.3) is 0 Å². The Morgan fingerprint density at radius 3 is 2.40 bits per heavy atom. The van der Waals surface area contributed by atoms with Crippen molar-refractivity contribution < 1.29 is 18.3 Å². The lowest BCUT2D eigenvalue weighted by Gasteiger charge is -2.14. The van der Waals surface area contributed by atoms with Gasteiger partial charge in [0, 0.05) is 6.26 Å². The Morgan fingerprint density at radius 1 is 1.35 bits per heavy atom. The number of benzene rings is 1. The van der Waals surface area contributed by atoms with Crippen molar-refractivity contribution in [2.75, 3.05) is 12.9 Å². The van der Waals surface area contributed by atoms with Crippen LogP contribution in [-0.2, 0) is 14.6 Å². The Kier molecular flexibility index (Phi) is 4.59. The van der Waals surface area contributed by atoms with Gasteiger partial charge < -0.3 is 9.84 Å². The van der Waals surface area contributed by atoms with Crippen molar-refractivity contribution in [2.45, 2.75) is 21.9 Å². The average Bonchev–Trinajstić information content (AvgIpc) is 2.86. The molecule has 1 aromatic rings. The molecule has 110 valence electrons. The number of nitrogens with zero attached hydrogens (tertiary/aromatic N) is 1. The Bertz CT molecular complexity index is 613. The van der Waals surface area contributed by atoms with Crippen molar-refractivity contribution in [3.63, 3.8) is 0 Å². The second-order valence-corrected chi connectivity index (χ2v) is 7.54. The first-order chi connectivity index (χ1) is 9.29. The van der Waals surface area contributed by atoms with Crippen molar-refractivity contribution in [3.05, 3.63) is 29.8 Å². The number of alkyl halides is 2. The number of aliphatic imine (C=N–C) groups is 1. The van der Waals surface area contributed by atoms with E-state index in [9.17, 15) is 13.5 Å². The minimum absolute atomic E-state index is 0.181. The third-order valence-corrected chi connectivity index (χ3v) is 4.40. The molecule has 0 unspecified atom stereocenters. The molecule has 0 amide bonds. The summed E-state index contributed by atoms with van der Waals surface area (Å²) >= 11 is 11.3. The van der Waals surface area contributed by atoms with Gasteiger partial charge in [0.05, 0.1) is 4.90 Å². The molecule has 1 aliphatic rings. The number of hydrogen-bond acceptors (Lipinski definition) is 5. The highest BCUT2D eigenvalue weighted by molar-refractivity contribution is 7.90. The van der Waals surface area contributed by atoms with Gasteiger partial charge in [-0.15, -0.1) is 0 Å². The first kappa shape index (κ1) is 15.6. The van der Waals surface area contributed by atoms with Gasteiger partial charge in [0.1, 0.15) is 18.8 Å². The number of halogens is 2. The average molecular weight is 338 g/mol. The van der Waals surface area contributed by atoms with Gasteiger partial charge in [0.15, 0.2) is 14.7 Å². The van der Waals surface area contributed by atoms with Crippen LogP contribution in [0.25, 0.3) is 0 Å². The lowest BCUT2D eigenvalue weighted by Crippen LogP contribution is -2.17. The molecule has 0 bridgehead atoms. The van der Waals surface area contributed by atoms with E-state index in [4.69, 9.17) is 27.9 Å². The summed E-state index contributed by atoms with van der Waals surface area (Å²) in [5, 5.41) is 10.2. The zero-order chi connectivity index (χ0) is 14.9. The van der Waals surface area contributed by atoms with Crippen LogP contribution in [0.4, 0.5) is 0 Å². The zero-order valence-corrected chi connectivity index (χ0v) is 12.9. The highest BCUT2D eigenvalue weighted by Crippen LogP contribution is 2.25. The number of hydrogen-bond donors (Lipinski definition) is 1. The molecule has 1 heterocycles. The van der Waals surface area contributed by atoms with E-state index in [0.29, 0.717) is 5.56 Å². The molecule has 0 aliphatic carbocycles. The minimum atomic E-state index is -3.25. The van der Waals surface area contributed by atoms with E-state index < -0.39 is 26.8 Å². The van der Waals surface area contributed by atoms with Crippen molar-refractivity contribution in [1.29, 1.82) is 0 Å². The molecule has 1 aliphatic heterocycles. The van der Waals surface area contributed by atoms with Crippen LogP contribution in [0, 0.1) is 0 Å². The summed E-state index contributed by atoms with van der Waals surface area (Å²) < 4.78 is 27.9. The van der Waals surface area contributed by atoms with E-state index in [2.05, 4.69) is 4.99 Å². The van der Waals surface area contributed by atoms with E-state index in [0.717, 1.165) is 6.26 Å². The van der Waals surface area contributed by atoms with Crippen LogP contribution in [0.1, 0.15) is 11.7 Å². The fourth-order valence-corrected chi connectivity index (χ4v) is 2.69. The third-order valence-electron chi connectivity index (χ3n) is 2.90. The van der Waals surface area contributed by atoms with E-state index in [1.807, 2.05) is 0 Å². The predicted molar refractivity (Wildman–Crippen MR) is 77.2 cm³/mol. The van der Waals surface area contributed by atoms with Gasteiger partial charge in [-0.2, -0.15) is 0 Å². The van der Waals surface area contributed by atoms with Crippen LogP contribution in [0.2, 0.25) is 0 Å². The SMILES string of the molecule is CS(=O)(=O)c1ccc([C@H](O)[C@H]2COC(C(Cl)Cl)=N2)cc1. The molecule has 1 aromatic carbocycles. The highest BCUT2D eigenvalue weighted by atomic mass is 35.5. The normalized spacial score (nSPS) is 20.6. The van der Waals surface area contributed by atoms with Crippen molar-refractivity contribution in [3.8, 4) is 0 Å². The topological polar surface area (TPSA) is 76.0 Å². The van der Waals surface area contributed by atoms with Gasteiger partial charge in [-0.3, -0.25) is 0 Å². The summed E-state index contributed by atoms with van der Waals surface area (Å²) in [6.07, 6.45) is 0.217. The number of aliphatic hydroxyl groups is 1. The molecule has 2 atom stereocenters. The summed E-state index contributed by atoms with van der Waals surface area (Å²) in [5.74, 6) is 0.185. The standard InChI is InChI=1S/C12H13Cl2NO4S/c1-20(17,18)8-4-2-7(3-5-8)10(16)9-6-19-12(15-9)11(13)14/h2-5,9-11,16H,6H2,1H3/t9-,10+/m1/s1. The van der Waals surface area contributed by atoms with Crippen molar-refractivity contribution >= 4 is 38.9 Å². The second kappa shape index (κ2) is 5.89. The van der Waals surface area contributed by atoms with E-state index in [1.165, 1.54) is 12.1 Å². The summed E-state index contributed by atoms with van der Waals surface area (Å²) in [7, 11) is -3.25. The van der Waals surface area contributed by atoms with E-state index in [1.54, 1.807) is 12.1 Å². The molecular formula is C12H13Cl2NO4S. The fourth-order valence-electron chi connectivity index (χ4n) is 1.82. The monoisotopic (exact) mass is 337 g/mol. The van der Waals surface area contributed by atoms with Crippen LogP contribution in [0.15, 0.2) is 34.2 Å². The fraction of sp³-hybridized carbons (Fsp3) is 0.417. The molecule has 0 fully saturated rings. The number of rotatable bonds is 4. The molecule has 0 spiro atoms. The molecule has 0 aromatic heterocycles. The summed E-state index contributed by atoms with van der Waals surface area (Å²) in [6.45, 7) is 0.181. The Balaban J connectivity index is 2.17. The van der Waals surface area contributed by atoms with Crippen LogP contribution in [0.3, 0.4) is 0 Å². The summed E-state index contributed by atoms with van der Waals surface area (Å²) in [5.41, 5.74) is 0.552. The molecule has 5 nitrogen and oxygen atoms in total. The number of aliphatic hydroxyl groups excluding tert-OH is 1. The van der Waals surface area contributed by atoms with Gasteiger partial charge >= 0.3 is 0 Å². The summed E-state index contributed by atoms with van der Waals surface area (Å²) in [6, 6.07) is 5.48. The smallest absolute Gasteiger partial charge is 0.218 e.